The molecule has 1 heterocycles. The van der Waals surface area contributed by atoms with Crippen LogP contribution in [0.5, 0.6) is 5.75 Å². The molecule has 5 nitrogen and oxygen atoms in total. The zero-order chi connectivity index (χ0) is 18.4. The van der Waals surface area contributed by atoms with Gasteiger partial charge in [0.1, 0.15) is 5.75 Å². The topological polar surface area (TPSA) is 55.6 Å². The average molecular weight is 459 g/mol. The summed E-state index contributed by atoms with van der Waals surface area (Å²) in [6, 6.07) is 21.5. The first-order chi connectivity index (χ1) is 12.6. The molecule has 6 heteroatoms. The van der Waals surface area contributed by atoms with Crippen molar-refractivity contribution in [2.45, 2.75) is 6.92 Å². The Kier molecular flexibility index (Phi) is 6.06. The molecule has 0 aliphatic heterocycles. The van der Waals surface area contributed by atoms with Gasteiger partial charge in [0, 0.05) is 11.4 Å². The number of hydrogen-bond donors (Lipinski definition) is 1. The Labute approximate surface area is 165 Å². The molecular weight excluding hydrogens is 441 g/mol. The Bertz CT molecular complexity index is 920. The van der Waals surface area contributed by atoms with E-state index < -0.39 is 0 Å². The van der Waals surface area contributed by atoms with Crippen LogP contribution in [0.25, 0.3) is 5.69 Å². The molecule has 3 aromatic rings. The van der Waals surface area contributed by atoms with Crippen LogP contribution >= 0.6 is 22.6 Å². The Morgan fingerprint density at radius 2 is 1.85 bits per heavy atom. The van der Waals surface area contributed by atoms with E-state index in [2.05, 4.69) is 37.7 Å². The third-order valence-electron chi connectivity index (χ3n) is 3.70. The van der Waals surface area contributed by atoms with Gasteiger partial charge in [0.15, 0.2) is 6.61 Å². The third kappa shape index (κ3) is 4.51. The van der Waals surface area contributed by atoms with E-state index in [1.54, 1.807) is 6.21 Å². The molecule has 0 saturated carbocycles. The normalized spacial score (nSPS) is 10.8. The molecule has 3 rings (SSSR count). The van der Waals surface area contributed by atoms with E-state index in [0.717, 1.165) is 20.6 Å². The van der Waals surface area contributed by atoms with Crippen molar-refractivity contribution in [1.29, 1.82) is 0 Å². The second-order valence-corrected chi connectivity index (χ2v) is 6.75. The van der Waals surface area contributed by atoms with E-state index in [0.29, 0.717) is 5.75 Å². The average Bonchev–Trinajstić information content (AvgIpc) is 3.02. The van der Waals surface area contributed by atoms with Crippen LogP contribution in [-0.2, 0) is 4.79 Å². The second kappa shape index (κ2) is 8.66. The van der Waals surface area contributed by atoms with E-state index in [1.807, 2.05) is 73.7 Å². The first-order valence-electron chi connectivity index (χ1n) is 8.08. The molecule has 0 radical (unpaired) electrons. The van der Waals surface area contributed by atoms with Gasteiger partial charge in [0.25, 0.3) is 5.91 Å². The predicted octanol–water partition coefficient (Wildman–Crippen LogP) is 3.92. The number of hydrogen-bond acceptors (Lipinski definition) is 3. The van der Waals surface area contributed by atoms with Gasteiger partial charge in [0.2, 0.25) is 0 Å². The minimum Gasteiger partial charge on any atom is -0.483 e. The first-order valence-corrected chi connectivity index (χ1v) is 9.16. The lowest BCUT2D eigenvalue weighted by atomic mass is 10.3. The maximum atomic E-state index is 11.9. The number of para-hydroxylation sites is 2. The molecule has 1 amide bonds. The van der Waals surface area contributed by atoms with Crippen molar-refractivity contribution < 1.29 is 9.53 Å². The quantitative estimate of drug-likeness (QED) is 0.345. The van der Waals surface area contributed by atoms with Crippen molar-refractivity contribution >= 4 is 34.7 Å². The molecule has 1 aromatic heterocycles. The highest BCUT2D eigenvalue weighted by Crippen LogP contribution is 2.19. The summed E-state index contributed by atoms with van der Waals surface area (Å²) in [4.78, 5) is 11.9. The van der Waals surface area contributed by atoms with Crippen LogP contribution in [0, 0.1) is 10.5 Å². The highest BCUT2D eigenvalue weighted by Gasteiger charge is 2.06. The number of nitrogens with one attached hydrogen (secondary N) is 1. The number of halogens is 1. The lowest BCUT2D eigenvalue weighted by molar-refractivity contribution is -0.123. The molecule has 0 spiro atoms. The summed E-state index contributed by atoms with van der Waals surface area (Å²) in [5.41, 5.74) is 5.52. The Hall–Kier alpha value is -2.61. The van der Waals surface area contributed by atoms with Gasteiger partial charge in [-0.2, -0.15) is 5.10 Å². The minimum atomic E-state index is -0.310. The minimum absolute atomic E-state index is 0.0872. The Morgan fingerprint density at radius 1 is 1.12 bits per heavy atom. The molecule has 2 aromatic carbocycles. The molecule has 0 aliphatic carbocycles. The number of hydrazone groups is 1. The van der Waals surface area contributed by atoms with Crippen LogP contribution in [0.3, 0.4) is 0 Å². The SMILES string of the molecule is Cc1ccc(/C=N\NC(=O)COc2ccccc2I)n1-c1ccccc1. The van der Waals surface area contributed by atoms with E-state index >= 15 is 0 Å². The number of benzene rings is 2. The van der Waals surface area contributed by atoms with Gasteiger partial charge in [-0.15, -0.1) is 0 Å². The fraction of sp³-hybridized carbons (Fsp3) is 0.100. The maximum Gasteiger partial charge on any atom is 0.277 e. The molecule has 0 bridgehead atoms. The number of nitrogens with zero attached hydrogens (tertiary/aromatic N) is 2. The number of rotatable bonds is 6. The third-order valence-corrected chi connectivity index (χ3v) is 4.59. The summed E-state index contributed by atoms with van der Waals surface area (Å²) < 4.78 is 8.52. The van der Waals surface area contributed by atoms with E-state index in [9.17, 15) is 4.79 Å². The van der Waals surface area contributed by atoms with Gasteiger partial charge in [-0.3, -0.25) is 4.79 Å². The second-order valence-electron chi connectivity index (χ2n) is 5.58. The summed E-state index contributed by atoms with van der Waals surface area (Å²) >= 11 is 2.17. The summed E-state index contributed by atoms with van der Waals surface area (Å²) in [6.07, 6.45) is 1.63. The maximum absolute atomic E-state index is 11.9. The van der Waals surface area contributed by atoms with Gasteiger partial charge in [-0.1, -0.05) is 30.3 Å². The lowest BCUT2D eigenvalue weighted by Gasteiger charge is -2.09. The predicted molar refractivity (Wildman–Crippen MR) is 111 cm³/mol. The molecule has 0 aliphatic rings. The van der Waals surface area contributed by atoms with Crippen molar-refractivity contribution in [3.05, 3.63) is 81.7 Å². The molecule has 0 unspecified atom stereocenters. The largest absolute Gasteiger partial charge is 0.483 e. The van der Waals surface area contributed by atoms with E-state index in [4.69, 9.17) is 4.74 Å². The van der Waals surface area contributed by atoms with Crippen molar-refractivity contribution in [2.24, 2.45) is 5.10 Å². The molecule has 132 valence electrons. The molecule has 0 fully saturated rings. The van der Waals surface area contributed by atoms with Crippen molar-refractivity contribution in [1.82, 2.24) is 9.99 Å². The van der Waals surface area contributed by atoms with E-state index in [1.165, 1.54) is 0 Å². The van der Waals surface area contributed by atoms with Crippen molar-refractivity contribution in [2.75, 3.05) is 6.61 Å². The number of ether oxygens (including phenoxy) is 1. The zero-order valence-electron chi connectivity index (χ0n) is 14.2. The molecule has 0 atom stereocenters. The summed E-state index contributed by atoms with van der Waals surface area (Å²) in [5, 5.41) is 4.05. The number of aromatic nitrogens is 1. The van der Waals surface area contributed by atoms with Crippen LogP contribution in [0.4, 0.5) is 0 Å². The van der Waals surface area contributed by atoms with Gasteiger partial charge < -0.3 is 9.30 Å². The van der Waals surface area contributed by atoms with E-state index in [-0.39, 0.29) is 12.5 Å². The summed E-state index contributed by atoms with van der Waals surface area (Å²) in [5.74, 6) is 0.372. The lowest BCUT2D eigenvalue weighted by Crippen LogP contribution is -2.24. The molecular formula is C20H18IN3O2. The van der Waals surface area contributed by atoms with Crippen LogP contribution in [-0.4, -0.2) is 23.3 Å². The molecule has 1 N–H and O–H groups in total. The van der Waals surface area contributed by atoms with Crippen molar-refractivity contribution in [3.8, 4) is 11.4 Å². The summed E-state index contributed by atoms with van der Waals surface area (Å²) in [7, 11) is 0. The smallest absolute Gasteiger partial charge is 0.277 e. The monoisotopic (exact) mass is 459 g/mol. The number of carbonyl (C=O) groups is 1. The van der Waals surface area contributed by atoms with Gasteiger partial charge >= 0.3 is 0 Å². The Morgan fingerprint density at radius 3 is 2.62 bits per heavy atom. The standard InChI is InChI=1S/C20H18IN3O2/c1-15-11-12-17(24(15)16-7-3-2-4-8-16)13-22-23-20(25)14-26-19-10-6-5-9-18(19)21/h2-13H,14H2,1H3,(H,23,25)/b22-13-. The highest BCUT2D eigenvalue weighted by atomic mass is 127. The Balaban J connectivity index is 1.61. The van der Waals surface area contributed by atoms with Crippen LogP contribution in [0.15, 0.2) is 71.8 Å². The van der Waals surface area contributed by atoms with Crippen LogP contribution in [0.2, 0.25) is 0 Å². The highest BCUT2D eigenvalue weighted by molar-refractivity contribution is 14.1. The fourth-order valence-corrected chi connectivity index (χ4v) is 3.04. The number of carbonyl (C=O) groups excluding carboxylic acids is 1. The van der Waals surface area contributed by atoms with Gasteiger partial charge in [0.05, 0.1) is 15.5 Å². The first kappa shape index (κ1) is 18.2. The molecule has 26 heavy (non-hydrogen) atoms. The van der Waals surface area contributed by atoms with Crippen LogP contribution < -0.4 is 10.2 Å². The number of aryl methyl sites for hydroxylation is 1. The molecule has 0 saturated heterocycles. The zero-order valence-corrected chi connectivity index (χ0v) is 16.4. The van der Waals surface area contributed by atoms with Gasteiger partial charge in [-0.05, 0) is 65.9 Å². The van der Waals surface area contributed by atoms with Crippen LogP contribution in [0.1, 0.15) is 11.4 Å². The number of amides is 1. The van der Waals surface area contributed by atoms with Gasteiger partial charge in [-0.25, -0.2) is 5.43 Å². The van der Waals surface area contributed by atoms with Crippen molar-refractivity contribution in [3.63, 3.8) is 0 Å². The fourth-order valence-electron chi connectivity index (χ4n) is 2.50. The summed E-state index contributed by atoms with van der Waals surface area (Å²) in [6.45, 7) is 1.94.